The lowest BCUT2D eigenvalue weighted by molar-refractivity contribution is 0.0613. The zero-order chi connectivity index (χ0) is 12.4. The van der Waals surface area contributed by atoms with E-state index >= 15 is 0 Å². The Labute approximate surface area is 109 Å². The smallest absolute Gasteiger partial charge is 0.0674 e. The highest BCUT2D eigenvalue weighted by molar-refractivity contribution is 5.53. The quantitative estimate of drug-likeness (QED) is 0.821. The molecule has 1 N–H and O–H groups in total. The molecule has 0 saturated carbocycles. The van der Waals surface area contributed by atoms with Gasteiger partial charge in [-0.25, -0.2) is 0 Å². The van der Waals surface area contributed by atoms with E-state index in [0.29, 0.717) is 12.1 Å². The molecule has 3 nitrogen and oxygen atoms in total. The number of rotatable bonds is 1. The van der Waals surface area contributed by atoms with Crippen molar-refractivity contribution in [3.63, 3.8) is 0 Å². The van der Waals surface area contributed by atoms with Crippen LogP contribution in [-0.2, 0) is 11.2 Å². The van der Waals surface area contributed by atoms with E-state index in [1.807, 2.05) is 0 Å². The first kappa shape index (κ1) is 12.0. The van der Waals surface area contributed by atoms with Gasteiger partial charge in [0, 0.05) is 38.0 Å². The van der Waals surface area contributed by atoms with E-state index in [0.717, 1.165) is 32.5 Å². The Morgan fingerprint density at radius 1 is 1.33 bits per heavy atom. The topological polar surface area (TPSA) is 24.5 Å². The lowest BCUT2D eigenvalue weighted by atomic mass is 9.98. The Kier molecular flexibility index (Phi) is 3.52. The summed E-state index contributed by atoms with van der Waals surface area (Å²) in [5.74, 6) is 0. The van der Waals surface area contributed by atoms with Crippen LogP contribution in [0.4, 0.5) is 5.69 Å². The second kappa shape index (κ2) is 5.29. The number of nitrogens with one attached hydrogen (secondary N) is 1. The minimum atomic E-state index is 0.365. The Morgan fingerprint density at radius 2 is 2.22 bits per heavy atom. The molecule has 2 aliphatic rings. The summed E-state index contributed by atoms with van der Waals surface area (Å²) in [5, 5.41) is 3.56. The van der Waals surface area contributed by atoms with Crippen LogP contribution in [0.1, 0.15) is 18.9 Å². The van der Waals surface area contributed by atoms with E-state index in [9.17, 15) is 0 Å². The van der Waals surface area contributed by atoms with Crippen LogP contribution in [0.2, 0.25) is 0 Å². The zero-order valence-electron chi connectivity index (χ0n) is 11.1. The summed E-state index contributed by atoms with van der Waals surface area (Å²) in [6, 6.07) is 9.28. The van der Waals surface area contributed by atoms with E-state index in [1.54, 1.807) is 0 Å². The third-order valence-corrected chi connectivity index (χ3v) is 4.00. The number of benzene rings is 1. The maximum atomic E-state index is 5.73. The van der Waals surface area contributed by atoms with Crippen molar-refractivity contribution >= 4 is 5.69 Å². The first-order valence-electron chi connectivity index (χ1n) is 7.00. The van der Waals surface area contributed by atoms with Gasteiger partial charge in [-0.05, 0) is 31.4 Å². The predicted molar refractivity (Wildman–Crippen MR) is 74.0 cm³/mol. The molecule has 1 aromatic rings. The van der Waals surface area contributed by atoms with Crippen molar-refractivity contribution in [2.45, 2.75) is 31.9 Å². The van der Waals surface area contributed by atoms with Crippen LogP contribution in [0.25, 0.3) is 0 Å². The van der Waals surface area contributed by atoms with Gasteiger partial charge in [0.05, 0.1) is 6.10 Å². The number of para-hydroxylation sites is 1. The van der Waals surface area contributed by atoms with Crippen LogP contribution in [0.5, 0.6) is 0 Å². The fourth-order valence-electron chi connectivity index (χ4n) is 3.04. The highest BCUT2D eigenvalue weighted by Crippen LogP contribution is 2.24. The fourth-order valence-corrected chi connectivity index (χ4v) is 3.04. The Bertz CT molecular complexity index is 407. The average Bonchev–Trinajstić information content (AvgIpc) is 2.63. The summed E-state index contributed by atoms with van der Waals surface area (Å²) in [4.78, 5) is 2.60. The maximum Gasteiger partial charge on any atom is 0.0674 e. The van der Waals surface area contributed by atoms with Crippen LogP contribution in [0.3, 0.4) is 0 Å². The van der Waals surface area contributed by atoms with Gasteiger partial charge in [-0.3, -0.25) is 4.90 Å². The average molecular weight is 246 g/mol. The van der Waals surface area contributed by atoms with Crippen molar-refractivity contribution in [2.24, 2.45) is 0 Å². The summed E-state index contributed by atoms with van der Waals surface area (Å²) in [7, 11) is 0. The molecule has 1 fully saturated rings. The zero-order valence-corrected chi connectivity index (χ0v) is 11.1. The Morgan fingerprint density at radius 3 is 3.17 bits per heavy atom. The standard InChI is InChI=1S/C15H22N2O/c1-12-11-17(7-4-8-18-12)14-9-13-5-2-3-6-15(13)16-10-14/h2-3,5-6,12,14,16H,4,7-11H2,1H3. The molecule has 0 aliphatic carbocycles. The van der Waals surface area contributed by atoms with Gasteiger partial charge >= 0.3 is 0 Å². The number of nitrogens with zero attached hydrogens (tertiary/aromatic N) is 1. The van der Waals surface area contributed by atoms with Crippen LogP contribution >= 0.6 is 0 Å². The van der Waals surface area contributed by atoms with Gasteiger partial charge in [0.2, 0.25) is 0 Å². The molecule has 98 valence electrons. The van der Waals surface area contributed by atoms with Gasteiger partial charge in [0.15, 0.2) is 0 Å². The van der Waals surface area contributed by atoms with Crippen molar-refractivity contribution in [1.29, 1.82) is 0 Å². The molecule has 2 aliphatic heterocycles. The summed E-state index contributed by atoms with van der Waals surface area (Å²) in [5.41, 5.74) is 2.76. The molecular weight excluding hydrogens is 224 g/mol. The normalized spacial score (nSPS) is 29.2. The van der Waals surface area contributed by atoms with Crippen LogP contribution < -0.4 is 5.32 Å². The summed E-state index contributed by atoms with van der Waals surface area (Å²) < 4.78 is 5.73. The Balaban J connectivity index is 1.71. The van der Waals surface area contributed by atoms with Gasteiger partial charge in [0.25, 0.3) is 0 Å². The van der Waals surface area contributed by atoms with E-state index in [4.69, 9.17) is 4.74 Å². The molecule has 3 rings (SSSR count). The van der Waals surface area contributed by atoms with Crippen LogP contribution in [0, 0.1) is 0 Å². The van der Waals surface area contributed by atoms with Crippen molar-refractivity contribution in [1.82, 2.24) is 4.90 Å². The lowest BCUT2D eigenvalue weighted by Gasteiger charge is -2.35. The molecule has 0 bridgehead atoms. The summed E-state index contributed by atoms with van der Waals surface area (Å²) >= 11 is 0. The highest BCUT2D eigenvalue weighted by atomic mass is 16.5. The van der Waals surface area contributed by atoms with Crippen molar-refractivity contribution in [3.8, 4) is 0 Å². The minimum absolute atomic E-state index is 0.365. The molecule has 2 atom stereocenters. The van der Waals surface area contributed by atoms with Gasteiger partial charge in [-0.15, -0.1) is 0 Å². The number of fused-ring (bicyclic) bond motifs is 1. The second-order valence-electron chi connectivity index (χ2n) is 5.43. The number of anilines is 1. The summed E-state index contributed by atoms with van der Waals surface area (Å²) in [6.45, 7) is 6.38. The molecule has 2 heterocycles. The van der Waals surface area contributed by atoms with Crippen molar-refractivity contribution in [3.05, 3.63) is 29.8 Å². The van der Waals surface area contributed by atoms with Crippen molar-refractivity contribution < 1.29 is 4.74 Å². The SMILES string of the molecule is CC1CN(C2CNc3ccccc3C2)CCCO1. The molecule has 1 saturated heterocycles. The van der Waals surface area contributed by atoms with Crippen LogP contribution in [-0.4, -0.2) is 43.3 Å². The first-order chi connectivity index (χ1) is 8.83. The lowest BCUT2D eigenvalue weighted by Crippen LogP contribution is -2.46. The van der Waals surface area contributed by atoms with E-state index in [-0.39, 0.29) is 0 Å². The van der Waals surface area contributed by atoms with E-state index in [1.165, 1.54) is 17.8 Å². The fraction of sp³-hybridized carbons (Fsp3) is 0.600. The molecule has 0 spiro atoms. The van der Waals surface area contributed by atoms with Crippen LogP contribution in [0.15, 0.2) is 24.3 Å². The Hall–Kier alpha value is -1.06. The number of ether oxygens (including phenoxy) is 1. The first-order valence-corrected chi connectivity index (χ1v) is 7.00. The molecule has 1 aromatic carbocycles. The second-order valence-corrected chi connectivity index (χ2v) is 5.43. The van der Waals surface area contributed by atoms with Gasteiger partial charge < -0.3 is 10.1 Å². The summed E-state index contributed by atoms with van der Waals surface area (Å²) in [6.07, 6.45) is 2.68. The minimum Gasteiger partial charge on any atom is -0.383 e. The molecule has 2 unspecified atom stereocenters. The molecule has 3 heteroatoms. The van der Waals surface area contributed by atoms with Gasteiger partial charge in [-0.2, -0.15) is 0 Å². The van der Waals surface area contributed by atoms with Gasteiger partial charge in [0.1, 0.15) is 0 Å². The molecule has 0 aromatic heterocycles. The predicted octanol–water partition coefficient (Wildman–Crippen LogP) is 2.13. The van der Waals surface area contributed by atoms with Gasteiger partial charge in [-0.1, -0.05) is 18.2 Å². The van der Waals surface area contributed by atoms with E-state index in [2.05, 4.69) is 41.4 Å². The molecule has 0 amide bonds. The number of hydrogen-bond acceptors (Lipinski definition) is 3. The van der Waals surface area contributed by atoms with E-state index < -0.39 is 0 Å². The third-order valence-electron chi connectivity index (χ3n) is 4.00. The molecule has 18 heavy (non-hydrogen) atoms. The third kappa shape index (κ3) is 2.52. The molecular formula is C15H22N2O. The van der Waals surface area contributed by atoms with Crippen molar-refractivity contribution in [2.75, 3.05) is 31.6 Å². The molecule has 0 radical (unpaired) electrons. The largest absolute Gasteiger partial charge is 0.383 e. The number of hydrogen-bond donors (Lipinski definition) is 1. The highest BCUT2D eigenvalue weighted by Gasteiger charge is 2.26. The maximum absolute atomic E-state index is 5.73. The monoisotopic (exact) mass is 246 g/mol.